The zero-order valence-electron chi connectivity index (χ0n) is 15.6. The number of fused-ring (bicyclic) bond motifs is 1. The van der Waals surface area contributed by atoms with Crippen LogP contribution in [0.4, 0.5) is 11.6 Å². The van der Waals surface area contributed by atoms with Crippen LogP contribution in [0.5, 0.6) is 0 Å². The molecule has 1 aliphatic rings. The highest BCUT2D eigenvalue weighted by Crippen LogP contribution is 2.23. The minimum absolute atomic E-state index is 0.443. The van der Waals surface area contributed by atoms with Gasteiger partial charge in [-0.25, -0.2) is 4.98 Å². The normalized spacial score (nSPS) is 15.9. The van der Waals surface area contributed by atoms with Crippen molar-refractivity contribution in [2.45, 2.75) is 18.9 Å². The second-order valence-corrected chi connectivity index (χ2v) is 7.11. The Morgan fingerprint density at radius 1 is 1.07 bits per heavy atom. The maximum atomic E-state index is 4.61. The lowest BCUT2D eigenvalue weighted by molar-refractivity contribution is 0.212. The summed E-state index contributed by atoms with van der Waals surface area (Å²) in [6, 6.07) is 10.3. The average molecular weight is 375 g/mol. The van der Waals surface area contributed by atoms with Crippen LogP contribution in [-0.4, -0.2) is 59.8 Å². The van der Waals surface area contributed by atoms with Gasteiger partial charge in [-0.15, -0.1) is 5.10 Å². The van der Waals surface area contributed by atoms with Crippen LogP contribution in [0.3, 0.4) is 0 Å². The van der Waals surface area contributed by atoms with Gasteiger partial charge in [-0.3, -0.25) is 4.68 Å². The lowest BCUT2D eigenvalue weighted by Gasteiger charge is -2.28. The Morgan fingerprint density at radius 2 is 1.89 bits per heavy atom. The summed E-state index contributed by atoms with van der Waals surface area (Å²) in [6.45, 7) is 2.20. The molecule has 3 aromatic heterocycles. The van der Waals surface area contributed by atoms with Crippen molar-refractivity contribution in [3.8, 4) is 5.69 Å². The molecule has 9 heteroatoms. The fourth-order valence-corrected chi connectivity index (χ4v) is 3.52. The minimum atomic E-state index is 0.443. The van der Waals surface area contributed by atoms with E-state index in [0.29, 0.717) is 23.2 Å². The van der Waals surface area contributed by atoms with Crippen LogP contribution >= 0.6 is 0 Å². The van der Waals surface area contributed by atoms with Crippen LogP contribution in [0.1, 0.15) is 18.9 Å². The number of nitrogens with zero attached hydrogens (tertiary/aromatic N) is 8. The molecule has 1 fully saturated rings. The second-order valence-electron chi connectivity index (χ2n) is 7.11. The quantitative estimate of drug-likeness (QED) is 0.586. The third-order valence-electron chi connectivity index (χ3n) is 5.11. The minimum Gasteiger partial charge on any atom is -0.321 e. The molecule has 142 valence electrons. The maximum absolute atomic E-state index is 4.61. The summed E-state index contributed by atoms with van der Waals surface area (Å²) in [5.41, 5.74) is 3.09. The number of para-hydroxylation sites is 1. The van der Waals surface area contributed by atoms with Crippen LogP contribution in [0, 0.1) is 0 Å². The Hall–Kier alpha value is -3.33. The predicted octanol–water partition coefficient (Wildman–Crippen LogP) is 2.42. The number of likely N-dealkylation sites (tertiary alicyclic amines) is 1. The molecule has 1 N–H and O–H groups in total. The Balaban J connectivity index is 1.38. The molecule has 0 radical (unpaired) electrons. The van der Waals surface area contributed by atoms with E-state index in [2.05, 4.69) is 42.6 Å². The number of aromatic nitrogens is 7. The van der Waals surface area contributed by atoms with E-state index in [1.165, 1.54) is 0 Å². The highest BCUT2D eigenvalue weighted by atomic mass is 15.4. The first-order valence-electron chi connectivity index (χ1n) is 9.40. The van der Waals surface area contributed by atoms with E-state index in [4.69, 9.17) is 0 Å². The maximum Gasteiger partial charge on any atom is 0.229 e. The van der Waals surface area contributed by atoms with Gasteiger partial charge < -0.3 is 10.2 Å². The molecule has 4 aromatic rings. The van der Waals surface area contributed by atoms with E-state index in [9.17, 15) is 0 Å². The molecule has 1 aromatic carbocycles. The summed E-state index contributed by atoms with van der Waals surface area (Å²) in [5.74, 6) is 0.495. The first kappa shape index (κ1) is 16.8. The first-order valence-corrected chi connectivity index (χ1v) is 9.40. The van der Waals surface area contributed by atoms with E-state index in [1.54, 1.807) is 10.9 Å². The van der Waals surface area contributed by atoms with E-state index < -0.39 is 0 Å². The largest absolute Gasteiger partial charge is 0.321 e. The Bertz CT molecular complexity index is 1080. The molecule has 5 rings (SSSR count). The third kappa shape index (κ3) is 3.20. The molecule has 0 saturated carbocycles. The second kappa shape index (κ2) is 7.01. The molecular weight excluding hydrogens is 354 g/mol. The number of benzene rings is 1. The smallest absolute Gasteiger partial charge is 0.229 e. The van der Waals surface area contributed by atoms with Gasteiger partial charge in [-0.2, -0.15) is 14.8 Å². The zero-order valence-corrected chi connectivity index (χ0v) is 15.6. The van der Waals surface area contributed by atoms with E-state index >= 15 is 0 Å². The van der Waals surface area contributed by atoms with Gasteiger partial charge in [0.25, 0.3) is 0 Å². The topological polar surface area (TPSA) is 89.6 Å². The van der Waals surface area contributed by atoms with Crippen molar-refractivity contribution in [1.82, 2.24) is 39.6 Å². The summed E-state index contributed by atoms with van der Waals surface area (Å²) in [5, 5.41) is 16.1. The lowest BCUT2D eigenvalue weighted by Crippen LogP contribution is -2.31. The molecule has 0 spiro atoms. The fourth-order valence-electron chi connectivity index (χ4n) is 3.52. The number of rotatable bonds is 4. The average Bonchev–Trinajstić information content (AvgIpc) is 3.36. The van der Waals surface area contributed by atoms with E-state index in [-0.39, 0.29) is 0 Å². The number of hydrogen-bond donors (Lipinski definition) is 1. The van der Waals surface area contributed by atoms with Crippen molar-refractivity contribution >= 4 is 22.8 Å². The van der Waals surface area contributed by atoms with Gasteiger partial charge in [0, 0.05) is 6.20 Å². The monoisotopic (exact) mass is 375 g/mol. The number of nitrogens with one attached hydrogen (secondary N) is 1. The molecule has 0 atom stereocenters. The van der Waals surface area contributed by atoms with Crippen molar-refractivity contribution in [2.24, 2.45) is 0 Å². The summed E-state index contributed by atoms with van der Waals surface area (Å²) < 4.78 is 3.76. The van der Waals surface area contributed by atoms with Crippen LogP contribution < -0.4 is 5.32 Å². The molecule has 0 amide bonds. The molecule has 0 bridgehead atoms. The summed E-state index contributed by atoms with van der Waals surface area (Å²) >= 11 is 0. The Kier molecular flexibility index (Phi) is 4.21. The van der Waals surface area contributed by atoms with Gasteiger partial charge in [-0.05, 0) is 45.1 Å². The van der Waals surface area contributed by atoms with E-state index in [1.807, 2.05) is 47.4 Å². The predicted molar refractivity (Wildman–Crippen MR) is 106 cm³/mol. The molecule has 0 aliphatic carbocycles. The molecule has 1 aliphatic heterocycles. The van der Waals surface area contributed by atoms with E-state index in [0.717, 1.165) is 37.3 Å². The number of piperidine rings is 1. The Morgan fingerprint density at radius 3 is 2.71 bits per heavy atom. The summed E-state index contributed by atoms with van der Waals surface area (Å²) in [4.78, 5) is 11.3. The van der Waals surface area contributed by atoms with Gasteiger partial charge in [0.05, 0.1) is 29.8 Å². The molecule has 4 heterocycles. The van der Waals surface area contributed by atoms with Gasteiger partial charge in [0.2, 0.25) is 5.95 Å². The number of anilines is 2. The summed E-state index contributed by atoms with van der Waals surface area (Å²) in [7, 11) is 2.16. The van der Waals surface area contributed by atoms with Crippen LogP contribution in [-0.2, 0) is 0 Å². The summed E-state index contributed by atoms with van der Waals surface area (Å²) in [6.07, 6.45) is 7.75. The fraction of sp³-hybridized carbons (Fsp3) is 0.316. The SMILES string of the molecule is CN1CCC(n2cc(Nc3ncc4nnn(-c5ccccc5)c4n3)cn2)CC1. The highest BCUT2D eigenvalue weighted by molar-refractivity contribution is 5.72. The lowest BCUT2D eigenvalue weighted by atomic mass is 10.1. The van der Waals surface area contributed by atoms with Crippen LogP contribution in [0.15, 0.2) is 48.9 Å². The van der Waals surface area contributed by atoms with Crippen LogP contribution in [0.25, 0.3) is 16.9 Å². The zero-order chi connectivity index (χ0) is 18.9. The molecule has 28 heavy (non-hydrogen) atoms. The van der Waals surface area contributed by atoms with Gasteiger partial charge in [0.1, 0.15) is 0 Å². The van der Waals surface area contributed by atoms with Crippen molar-refractivity contribution in [2.75, 3.05) is 25.5 Å². The van der Waals surface area contributed by atoms with Crippen molar-refractivity contribution in [3.63, 3.8) is 0 Å². The first-order chi connectivity index (χ1) is 13.8. The third-order valence-corrected chi connectivity index (χ3v) is 5.11. The highest BCUT2D eigenvalue weighted by Gasteiger charge is 2.19. The molecule has 9 nitrogen and oxygen atoms in total. The molecule has 1 saturated heterocycles. The molecule has 0 unspecified atom stereocenters. The van der Waals surface area contributed by atoms with Gasteiger partial charge in [0.15, 0.2) is 11.2 Å². The van der Waals surface area contributed by atoms with Gasteiger partial charge >= 0.3 is 0 Å². The standard InChI is InChI=1S/C19H21N9/c1-26-9-7-15(8-10-26)27-13-14(11-21-27)22-19-20-12-17-18(23-19)28(25-24-17)16-5-3-2-4-6-16/h2-6,11-13,15H,7-10H2,1H3,(H,20,22,23). The van der Waals surface area contributed by atoms with Crippen molar-refractivity contribution in [3.05, 3.63) is 48.9 Å². The Labute approximate surface area is 162 Å². The van der Waals surface area contributed by atoms with Crippen molar-refractivity contribution in [1.29, 1.82) is 0 Å². The number of hydrogen-bond acceptors (Lipinski definition) is 7. The van der Waals surface area contributed by atoms with Gasteiger partial charge in [-0.1, -0.05) is 23.4 Å². The van der Waals surface area contributed by atoms with Crippen LogP contribution in [0.2, 0.25) is 0 Å². The molecular formula is C19H21N9. The van der Waals surface area contributed by atoms with Crippen molar-refractivity contribution < 1.29 is 0 Å².